The molecule has 2 rings (SSSR count). The zero-order chi connectivity index (χ0) is 18.9. The van der Waals surface area contributed by atoms with Gasteiger partial charge in [0.25, 0.3) is 5.91 Å². The van der Waals surface area contributed by atoms with E-state index in [0.29, 0.717) is 0 Å². The third-order valence-electron chi connectivity index (χ3n) is 3.85. The lowest BCUT2D eigenvalue weighted by molar-refractivity contribution is -0.151. The summed E-state index contributed by atoms with van der Waals surface area (Å²) in [4.78, 5) is 36.2. The minimum atomic E-state index is -0.487. The number of nitrogens with one attached hydrogen (secondary N) is 1. The Labute approximate surface area is 152 Å². The molecule has 0 aliphatic carbocycles. The number of carbonyl (C=O) groups is 3. The molecule has 0 fully saturated rings. The van der Waals surface area contributed by atoms with Gasteiger partial charge in [-0.15, -0.1) is 0 Å². The van der Waals surface area contributed by atoms with Gasteiger partial charge in [-0.25, -0.2) is 0 Å². The molecule has 0 aliphatic heterocycles. The molecule has 0 saturated heterocycles. The molecule has 136 valence electrons. The lowest BCUT2D eigenvalue weighted by Crippen LogP contribution is -2.39. The molecular formula is C20H22N2O4. The first-order valence-electron chi connectivity index (χ1n) is 8.24. The molecule has 0 aromatic heterocycles. The van der Waals surface area contributed by atoms with Gasteiger partial charge in [-0.1, -0.05) is 54.6 Å². The third-order valence-corrected chi connectivity index (χ3v) is 3.85. The smallest absolute Gasteiger partial charge is 0.310 e. The second kappa shape index (κ2) is 9.36. The summed E-state index contributed by atoms with van der Waals surface area (Å²) in [5.74, 6) is -1.20. The van der Waals surface area contributed by atoms with Crippen LogP contribution in [0.1, 0.15) is 5.56 Å². The van der Waals surface area contributed by atoms with Crippen LogP contribution in [0.5, 0.6) is 0 Å². The first-order valence-corrected chi connectivity index (χ1v) is 8.24. The number of esters is 1. The number of amides is 2. The van der Waals surface area contributed by atoms with Crippen molar-refractivity contribution in [2.75, 3.05) is 27.2 Å². The molecule has 0 unspecified atom stereocenters. The molecule has 0 aliphatic rings. The fourth-order valence-electron chi connectivity index (χ4n) is 2.30. The van der Waals surface area contributed by atoms with Gasteiger partial charge in [-0.05, 0) is 16.7 Å². The maximum Gasteiger partial charge on any atom is 0.310 e. The monoisotopic (exact) mass is 354 g/mol. The van der Waals surface area contributed by atoms with Gasteiger partial charge in [-0.3, -0.25) is 14.4 Å². The normalized spacial score (nSPS) is 10.1. The molecule has 6 heteroatoms. The van der Waals surface area contributed by atoms with Crippen molar-refractivity contribution in [3.63, 3.8) is 0 Å². The largest absolute Gasteiger partial charge is 0.455 e. The quantitative estimate of drug-likeness (QED) is 0.767. The van der Waals surface area contributed by atoms with E-state index in [1.165, 1.54) is 19.0 Å². The number of hydrogen-bond acceptors (Lipinski definition) is 4. The highest BCUT2D eigenvalue weighted by Gasteiger charge is 2.14. The minimum absolute atomic E-state index is 0.0756. The second-order valence-corrected chi connectivity index (χ2v) is 5.82. The van der Waals surface area contributed by atoms with E-state index < -0.39 is 11.9 Å². The Morgan fingerprint density at radius 3 is 2.19 bits per heavy atom. The van der Waals surface area contributed by atoms with Crippen LogP contribution < -0.4 is 5.32 Å². The van der Waals surface area contributed by atoms with E-state index in [1.807, 2.05) is 54.6 Å². The Kier molecular flexibility index (Phi) is 6.91. The zero-order valence-corrected chi connectivity index (χ0v) is 14.9. The lowest BCUT2D eigenvalue weighted by atomic mass is 10.0. The van der Waals surface area contributed by atoms with Gasteiger partial charge in [0.1, 0.15) is 0 Å². The van der Waals surface area contributed by atoms with E-state index in [-0.39, 0.29) is 25.5 Å². The van der Waals surface area contributed by atoms with Crippen molar-refractivity contribution in [2.45, 2.75) is 6.42 Å². The molecule has 0 heterocycles. The van der Waals surface area contributed by atoms with Crippen molar-refractivity contribution in [3.8, 4) is 11.1 Å². The predicted molar refractivity (Wildman–Crippen MR) is 98.2 cm³/mol. The first kappa shape index (κ1) is 19.2. The first-order chi connectivity index (χ1) is 12.5. The summed E-state index contributed by atoms with van der Waals surface area (Å²) in [6.07, 6.45) is 0.0848. The Balaban J connectivity index is 1.82. The maximum absolute atomic E-state index is 11.9. The van der Waals surface area contributed by atoms with E-state index in [4.69, 9.17) is 4.74 Å². The molecule has 0 spiro atoms. The van der Waals surface area contributed by atoms with Crippen LogP contribution in [0.3, 0.4) is 0 Å². The van der Waals surface area contributed by atoms with E-state index in [0.717, 1.165) is 16.7 Å². The van der Waals surface area contributed by atoms with Crippen molar-refractivity contribution in [3.05, 3.63) is 60.2 Å². The molecule has 1 N–H and O–H groups in total. The van der Waals surface area contributed by atoms with Crippen LogP contribution in [0.15, 0.2) is 54.6 Å². The van der Waals surface area contributed by atoms with Gasteiger partial charge < -0.3 is 15.0 Å². The molecule has 0 atom stereocenters. The fourth-order valence-corrected chi connectivity index (χ4v) is 2.30. The number of hydrogen-bond donors (Lipinski definition) is 1. The summed E-state index contributed by atoms with van der Waals surface area (Å²) < 4.78 is 5.00. The molecule has 2 amide bonds. The molecule has 2 aromatic carbocycles. The number of carbonyl (C=O) groups excluding carboxylic acids is 3. The Morgan fingerprint density at radius 1 is 0.962 bits per heavy atom. The van der Waals surface area contributed by atoms with Crippen LogP contribution in [0.4, 0.5) is 0 Å². The van der Waals surface area contributed by atoms with Crippen molar-refractivity contribution < 1.29 is 19.1 Å². The zero-order valence-electron chi connectivity index (χ0n) is 14.9. The standard InChI is InChI=1S/C20H22N2O4/c1-21-18(23)13-22(2)19(24)14-26-20(25)12-15-8-10-17(11-9-15)16-6-4-3-5-7-16/h3-11H,12-14H2,1-2H3,(H,21,23). The summed E-state index contributed by atoms with van der Waals surface area (Å²) >= 11 is 0. The van der Waals surface area contributed by atoms with Gasteiger partial charge >= 0.3 is 5.97 Å². The van der Waals surface area contributed by atoms with Gasteiger partial charge in [0.2, 0.25) is 5.91 Å². The topological polar surface area (TPSA) is 75.7 Å². The molecule has 26 heavy (non-hydrogen) atoms. The Morgan fingerprint density at radius 2 is 1.58 bits per heavy atom. The van der Waals surface area contributed by atoms with E-state index in [2.05, 4.69) is 5.32 Å². The summed E-state index contributed by atoms with van der Waals surface area (Å²) in [5, 5.41) is 2.42. The van der Waals surface area contributed by atoms with Crippen molar-refractivity contribution in [1.82, 2.24) is 10.2 Å². The fraction of sp³-hybridized carbons (Fsp3) is 0.250. The molecule has 0 bridgehead atoms. The van der Waals surface area contributed by atoms with E-state index in [9.17, 15) is 14.4 Å². The molecule has 2 aromatic rings. The highest BCUT2D eigenvalue weighted by molar-refractivity contribution is 5.86. The Bertz CT molecular complexity index is 757. The van der Waals surface area contributed by atoms with Crippen molar-refractivity contribution in [2.24, 2.45) is 0 Å². The highest BCUT2D eigenvalue weighted by Crippen LogP contribution is 2.19. The van der Waals surface area contributed by atoms with Gasteiger partial charge in [0, 0.05) is 14.1 Å². The van der Waals surface area contributed by atoms with Crippen LogP contribution in [0, 0.1) is 0 Å². The second-order valence-electron chi connectivity index (χ2n) is 5.82. The van der Waals surface area contributed by atoms with Gasteiger partial charge in [-0.2, -0.15) is 0 Å². The Hall–Kier alpha value is -3.15. The molecular weight excluding hydrogens is 332 g/mol. The van der Waals surface area contributed by atoms with E-state index >= 15 is 0 Å². The average Bonchev–Trinajstić information content (AvgIpc) is 2.67. The van der Waals surface area contributed by atoms with Crippen LogP contribution in [0.25, 0.3) is 11.1 Å². The molecule has 0 radical (unpaired) electrons. The van der Waals surface area contributed by atoms with Crippen molar-refractivity contribution in [1.29, 1.82) is 0 Å². The number of likely N-dealkylation sites (N-methyl/N-ethyl adjacent to an activating group) is 2. The predicted octanol–water partition coefficient (Wildman–Crippen LogP) is 1.64. The molecule has 6 nitrogen and oxygen atoms in total. The van der Waals surface area contributed by atoms with E-state index in [1.54, 1.807) is 0 Å². The third kappa shape index (κ3) is 5.73. The van der Waals surface area contributed by atoms with Gasteiger partial charge in [0.05, 0.1) is 13.0 Å². The number of ether oxygens (including phenoxy) is 1. The maximum atomic E-state index is 11.9. The van der Waals surface area contributed by atoms with Crippen LogP contribution >= 0.6 is 0 Å². The van der Waals surface area contributed by atoms with Crippen LogP contribution in [0.2, 0.25) is 0 Å². The summed E-state index contributed by atoms with van der Waals surface area (Å²) in [6.45, 7) is -0.456. The van der Waals surface area contributed by atoms with Gasteiger partial charge in [0.15, 0.2) is 6.61 Å². The highest BCUT2D eigenvalue weighted by atomic mass is 16.5. The molecule has 0 saturated carbocycles. The average molecular weight is 354 g/mol. The number of benzene rings is 2. The summed E-state index contributed by atoms with van der Waals surface area (Å²) in [7, 11) is 2.97. The number of rotatable bonds is 7. The van der Waals surface area contributed by atoms with Crippen molar-refractivity contribution >= 4 is 17.8 Å². The summed E-state index contributed by atoms with van der Waals surface area (Å²) in [6, 6.07) is 17.6. The van der Waals surface area contributed by atoms with Crippen LogP contribution in [-0.2, 0) is 25.5 Å². The minimum Gasteiger partial charge on any atom is -0.455 e. The number of nitrogens with zero attached hydrogens (tertiary/aromatic N) is 1. The SMILES string of the molecule is CNC(=O)CN(C)C(=O)COC(=O)Cc1ccc(-c2ccccc2)cc1. The van der Waals surface area contributed by atoms with Crippen LogP contribution in [-0.4, -0.2) is 49.9 Å². The summed E-state index contributed by atoms with van der Waals surface area (Å²) in [5.41, 5.74) is 2.97. The lowest BCUT2D eigenvalue weighted by Gasteiger charge is -2.15.